The molecule has 6 nitrogen and oxygen atoms in total. The molecule has 1 aliphatic rings. The van der Waals surface area contributed by atoms with Gasteiger partial charge in [-0.25, -0.2) is 12.7 Å². The Bertz CT molecular complexity index is 937. The Morgan fingerprint density at radius 1 is 1.15 bits per heavy atom. The highest BCUT2D eigenvalue weighted by molar-refractivity contribution is 7.89. The molecule has 7 heteroatoms. The van der Waals surface area contributed by atoms with E-state index >= 15 is 0 Å². The van der Waals surface area contributed by atoms with Gasteiger partial charge in [-0.1, -0.05) is 17.7 Å². The zero-order valence-electron chi connectivity index (χ0n) is 15.0. The highest BCUT2D eigenvalue weighted by Gasteiger charge is 2.28. The molecule has 0 radical (unpaired) electrons. The summed E-state index contributed by atoms with van der Waals surface area (Å²) in [4.78, 5) is 14.7. The molecule has 26 heavy (non-hydrogen) atoms. The molecule has 0 fully saturated rings. The van der Waals surface area contributed by atoms with Gasteiger partial charge in [0.2, 0.25) is 10.0 Å². The molecule has 1 N–H and O–H groups in total. The number of aliphatic hydroxyl groups excluding tert-OH is 1. The van der Waals surface area contributed by atoms with Crippen LogP contribution in [0.4, 0.5) is 5.69 Å². The fourth-order valence-corrected chi connectivity index (χ4v) is 3.96. The maximum atomic E-state index is 12.9. The highest BCUT2D eigenvalue weighted by Crippen LogP contribution is 2.35. The summed E-state index contributed by atoms with van der Waals surface area (Å²) in [6, 6.07) is 11.6. The topological polar surface area (TPSA) is 77.9 Å². The molecular weight excluding hydrogens is 352 g/mol. The van der Waals surface area contributed by atoms with Crippen molar-refractivity contribution in [3.05, 3.63) is 59.2 Å². The number of fused-ring (bicyclic) bond motifs is 1. The van der Waals surface area contributed by atoms with Gasteiger partial charge in [-0.05, 0) is 43.7 Å². The van der Waals surface area contributed by atoms with Gasteiger partial charge in [-0.2, -0.15) is 0 Å². The number of anilines is 1. The summed E-state index contributed by atoms with van der Waals surface area (Å²) in [5.41, 5.74) is 2.88. The summed E-state index contributed by atoms with van der Waals surface area (Å²) in [6.07, 6.45) is -0.114. The Hall–Kier alpha value is -2.22. The minimum Gasteiger partial charge on any atom is -0.388 e. The number of aryl methyl sites for hydroxylation is 1. The van der Waals surface area contributed by atoms with Crippen LogP contribution in [0.5, 0.6) is 0 Å². The van der Waals surface area contributed by atoms with Crippen molar-refractivity contribution in [3.63, 3.8) is 0 Å². The molecular formula is C19H22N2O4S. The number of carbonyl (C=O) groups is 1. The van der Waals surface area contributed by atoms with Crippen LogP contribution in [0.15, 0.2) is 47.4 Å². The summed E-state index contributed by atoms with van der Waals surface area (Å²) >= 11 is 0. The molecule has 1 amide bonds. The van der Waals surface area contributed by atoms with E-state index in [2.05, 4.69) is 0 Å². The maximum Gasteiger partial charge on any atom is 0.258 e. The minimum absolute atomic E-state index is 0.143. The second-order valence-corrected chi connectivity index (χ2v) is 8.79. The predicted molar refractivity (Wildman–Crippen MR) is 99.7 cm³/mol. The van der Waals surface area contributed by atoms with Crippen molar-refractivity contribution in [3.8, 4) is 0 Å². The van der Waals surface area contributed by atoms with Gasteiger partial charge in [0.15, 0.2) is 0 Å². The van der Waals surface area contributed by atoms with Gasteiger partial charge >= 0.3 is 0 Å². The summed E-state index contributed by atoms with van der Waals surface area (Å²) in [6.45, 7) is 2.35. The lowest BCUT2D eigenvalue weighted by Gasteiger charge is -2.32. The van der Waals surface area contributed by atoms with Crippen molar-refractivity contribution in [1.82, 2.24) is 4.31 Å². The summed E-state index contributed by atoms with van der Waals surface area (Å²) in [5.74, 6) is -0.212. The molecule has 0 bridgehead atoms. The third kappa shape index (κ3) is 3.25. The van der Waals surface area contributed by atoms with Gasteiger partial charge in [0, 0.05) is 37.5 Å². The van der Waals surface area contributed by atoms with Crippen LogP contribution in [0.25, 0.3) is 0 Å². The lowest BCUT2D eigenvalue weighted by molar-refractivity contribution is 0.0970. The smallest absolute Gasteiger partial charge is 0.258 e. The van der Waals surface area contributed by atoms with Crippen LogP contribution in [0.3, 0.4) is 0 Å². The summed E-state index contributed by atoms with van der Waals surface area (Å²) in [7, 11) is -0.600. The van der Waals surface area contributed by atoms with E-state index < -0.39 is 16.1 Å². The van der Waals surface area contributed by atoms with E-state index in [-0.39, 0.29) is 10.8 Å². The highest BCUT2D eigenvalue weighted by atomic mass is 32.2. The third-order valence-electron chi connectivity index (χ3n) is 4.58. The predicted octanol–water partition coefficient (Wildman–Crippen LogP) is 2.33. The van der Waals surface area contributed by atoms with Crippen molar-refractivity contribution >= 4 is 21.6 Å². The van der Waals surface area contributed by atoms with E-state index in [4.69, 9.17) is 0 Å². The van der Waals surface area contributed by atoms with Gasteiger partial charge < -0.3 is 10.0 Å². The van der Waals surface area contributed by atoms with Crippen molar-refractivity contribution < 1.29 is 18.3 Å². The Morgan fingerprint density at radius 2 is 1.81 bits per heavy atom. The first-order valence-electron chi connectivity index (χ1n) is 8.35. The fraction of sp³-hybridized carbons (Fsp3) is 0.316. The second-order valence-electron chi connectivity index (χ2n) is 6.64. The molecule has 1 heterocycles. The molecule has 0 spiro atoms. The van der Waals surface area contributed by atoms with E-state index in [1.165, 1.54) is 38.4 Å². The fourth-order valence-electron chi connectivity index (χ4n) is 3.06. The first-order chi connectivity index (χ1) is 12.2. The van der Waals surface area contributed by atoms with Crippen molar-refractivity contribution in [2.24, 2.45) is 0 Å². The number of hydrogen-bond acceptors (Lipinski definition) is 4. The molecule has 0 saturated heterocycles. The molecule has 138 valence electrons. The van der Waals surface area contributed by atoms with Crippen LogP contribution in [0.1, 0.15) is 34.0 Å². The normalized spacial score (nSPS) is 17.3. The van der Waals surface area contributed by atoms with E-state index in [0.717, 1.165) is 15.4 Å². The molecule has 2 aromatic rings. The van der Waals surface area contributed by atoms with Crippen molar-refractivity contribution in [2.45, 2.75) is 24.3 Å². The molecule has 1 aliphatic heterocycles. The molecule has 2 aromatic carbocycles. The number of hydrogen-bond donors (Lipinski definition) is 1. The first kappa shape index (κ1) is 18.6. The SMILES string of the molecule is Cc1ccc2c(c1)C(O)CCN2C(=O)c1ccc(S(=O)(=O)N(C)C)cc1. The number of amides is 1. The van der Waals surface area contributed by atoms with Crippen molar-refractivity contribution in [1.29, 1.82) is 0 Å². The summed E-state index contributed by atoms with van der Waals surface area (Å²) < 4.78 is 25.4. The zero-order chi connectivity index (χ0) is 19.1. The molecule has 0 aromatic heterocycles. The van der Waals surface area contributed by atoms with Gasteiger partial charge in [0.1, 0.15) is 0 Å². The monoisotopic (exact) mass is 374 g/mol. The number of nitrogens with zero attached hydrogens (tertiary/aromatic N) is 2. The second kappa shape index (κ2) is 6.83. The van der Waals surface area contributed by atoms with Crippen LogP contribution in [-0.2, 0) is 10.0 Å². The van der Waals surface area contributed by atoms with E-state index in [9.17, 15) is 18.3 Å². The Kier molecular flexibility index (Phi) is 4.88. The maximum absolute atomic E-state index is 12.9. The van der Waals surface area contributed by atoms with Gasteiger partial charge in [0.25, 0.3) is 5.91 Å². The Balaban J connectivity index is 1.93. The number of rotatable bonds is 3. The molecule has 0 aliphatic carbocycles. The molecule has 0 saturated carbocycles. The molecule has 1 atom stereocenters. The average Bonchev–Trinajstić information content (AvgIpc) is 2.62. The first-order valence-corrected chi connectivity index (χ1v) is 9.79. The van der Waals surface area contributed by atoms with Gasteiger partial charge in [-0.3, -0.25) is 4.79 Å². The van der Waals surface area contributed by atoms with Crippen LogP contribution >= 0.6 is 0 Å². The standard InChI is InChI=1S/C19H22N2O4S/c1-13-4-9-17-16(12-13)18(22)10-11-21(17)19(23)14-5-7-15(8-6-14)26(24,25)20(2)3/h4-9,12,18,22H,10-11H2,1-3H3. The minimum atomic E-state index is -3.53. The number of aliphatic hydroxyl groups is 1. The Labute approximate surface area is 153 Å². The van der Waals surface area contributed by atoms with Gasteiger partial charge in [0.05, 0.1) is 11.0 Å². The number of sulfonamides is 1. The number of benzene rings is 2. The Morgan fingerprint density at radius 3 is 2.42 bits per heavy atom. The quantitative estimate of drug-likeness (QED) is 0.894. The molecule has 1 unspecified atom stereocenters. The molecule has 3 rings (SSSR count). The lowest BCUT2D eigenvalue weighted by atomic mass is 9.96. The number of carbonyl (C=O) groups excluding carboxylic acids is 1. The lowest BCUT2D eigenvalue weighted by Crippen LogP contribution is -2.36. The van der Waals surface area contributed by atoms with E-state index in [1.807, 2.05) is 25.1 Å². The van der Waals surface area contributed by atoms with Crippen LogP contribution in [0.2, 0.25) is 0 Å². The van der Waals surface area contributed by atoms with Crippen LogP contribution in [0, 0.1) is 6.92 Å². The van der Waals surface area contributed by atoms with Gasteiger partial charge in [-0.15, -0.1) is 0 Å². The average molecular weight is 374 g/mol. The third-order valence-corrected chi connectivity index (χ3v) is 6.41. The van der Waals surface area contributed by atoms with E-state index in [0.29, 0.717) is 24.2 Å². The van der Waals surface area contributed by atoms with Crippen LogP contribution in [-0.4, -0.2) is 44.4 Å². The summed E-state index contributed by atoms with van der Waals surface area (Å²) in [5, 5.41) is 10.2. The largest absolute Gasteiger partial charge is 0.388 e. The van der Waals surface area contributed by atoms with E-state index in [1.54, 1.807) is 4.90 Å². The van der Waals surface area contributed by atoms with Crippen molar-refractivity contribution in [2.75, 3.05) is 25.5 Å². The zero-order valence-corrected chi connectivity index (χ0v) is 15.8. The van der Waals surface area contributed by atoms with Crippen LogP contribution < -0.4 is 4.90 Å².